The van der Waals surface area contributed by atoms with Gasteiger partial charge in [-0.3, -0.25) is 4.79 Å². The number of hydrogen-bond acceptors (Lipinski definition) is 3. The van der Waals surface area contributed by atoms with E-state index in [4.69, 9.17) is 9.84 Å². The van der Waals surface area contributed by atoms with Crippen molar-refractivity contribution >= 4 is 5.97 Å². The van der Waals surface area contributed by atoms with Gasteiger partial charge in [-0.1, -0.05) is 0 Å². The average molecular weight is 173 g/mol. The van der Waals surface area contributed by atoms with Crippen LogP contribution in [0.3, 0.4) is 0 Å². The number of hydrogen-bond donors (Lipinski definition) is 2. The Kier molecular flexibility index (Phi) is 3.05. The maximum Gasteiger partial charge on any atom is 0.323 e. The van der Waals surface area contributed by atoms with Gasteiger partial charge in [0.1, 0.15) is 5.54 Å². The molecule has 4 heteroatoms. The SMILES string of the molecule is COCCC1(C(=O)O)CCCN1. The van der Waals surface area contributed by atoms with Gasteiger partial charge < -0.3 is 15.2 Å². The first-order valence-corrected chi connectivity index (χ1v) is 4.19. The van der Waals surface area contributed by atoms with Crippen molar-refractivity contribution < 1.29 is 14.6 Å². The molecule has 0 radical (unpaired) electrons. The third-order valence-corrected chi connectivity index (χ3v) is 2.39. The Morgan fingerprint density at radius 1 is 1.75 bits per heavy atom. The highest BCUT2D eigenvalue weighted by Crippen LogP contribution is 2.23. The minimum atomic E-state index is -0.753. The Morgan fingerprint density at radius 3 is 2.92 bits per heavy atom. The number of carboxylic acid groups (broad SMARTS) is 1. The van der Waals surface area contributed by atoms with E-state index in [1.54, 1.807) is 7.11 Å². The van der Waals surface area contributed by atoms with Crippen LogP contribution in [0.4, 0.5) is 0 Å². The molecule has 0 spiro atoms. The molecule has 0 aromatic heterocycles. The lowest BCUT2D eigenvalue weighted by Crippen LogP contribution is -2.48. The monoisotopic (exact) mass is 173 g/mol. The number of carbonyl (C=O) groups is 1. The Labute approximate surface area is 71.9 Å². The molecule has 12 heavy (non-hydrogen) atoms. The summed E-state index contributed by atoms with van der Waals surface area (Å²) in [7, 11) is 1.59. The summed E-state index contributed by atoms with van der Waals surface area (Å²) in [6.45, 7) is 1.30. The number of nitrogens with one attached hydrogen (secondary N) is 1. The molecule has 1 atom stereocenters. The van der Waals surface area contributed by atoms with E-state index >= 15 is 0 Å². The Hall–Kier alpha value is -0.610. The molecule has 1 heterocycles. The quantitative estimate of drug-likeness (QED) is 0.639. The van der Waals surface area contributed by atoms with E-state index in [9.17, 15) is 4.79 Å². The normalized spacial score (nSPS) is 29.1. The maximum atomic E-state index is 10.9. The highest BCUT2D eigenvalue weighted by atomic mass is 16.5. The summed E-state index contributed by atoms with van der Waals surface area (Å²) in [6, 6.07) is 0. The summed E-state index contributed by atoms with van der Waals surface area (Å²) >= 11 is 0. The van der Waals surface area contributed by atoms with Crippen LogP contribution in [0.1, 0.15) is 19.3 Å². The molecule has 0 amide bonds. The van der Waals surface area contributed by atoms with E-state index in [0.717, 1.165) is 13.0 Å². The standard InChI is InChI=1S/C8H15NO3/c1-12-6-4-8(7(10)11)3-2-5-9-8/h9H,2-6H2,1H3,(H,10,11). The zero-order valence-electron chi connectivity index (χ0n) is 7.30. The molecule has 1 aliphatic rings. The third-order valence-electron chi connectivity index (χ3n) is 2.39. The van der Waals surface area contributed by atoms with Crippen molar-refractivity contribution in [3.05, 3.63) is 0 Å². The first kappa shape index (κ1) is 9.48. The summed E-state index contributed by atoms with van der Waals surface area (Å²) in [5.41, 5.74) is -0.712. The van der Waals surface area contributed by atoms with Crippen LogP contribution in [0.25, 0.3) is 0 Å². The average Bonchev–Trinajstić information content (AvgIpc) is 2.50. The molecule has 0 bridgehead atoms. The van der Waals surface area contributed by atoms with Gasteiger partial charge in [0.25, 0.3) is 0 Å². The molecule has 0 aliphatic carbocycles. The highest BCUT2D eigenvalue weighted by molar-refractivity contribution is 5.79. The van der Waals surface area contributed by atoms with Gasteiger partial charge in [-0.15, -0.1) is 0 Å². The van der Waals surface area contributed by atoms with E-state index in [0.29, 0.717) is 19.4 Å². The first-order chi connectivity index (χ1) is 5.71. The molecular weight excluding hydrogens is 158 g/mol. The Balaban J connectivity index is 2.53. The minimum absolute atomic E-state index is 0.499. The predicted molar refractivity (Wildman–Crippen MR) is 44.1 cm³/mol. The second-order valence-electron chi connectivity index (χ2n) is 3.16. The fraction of sp³-hybridized carbons (Fsp3) is 0.875. The fourth-order valence-corrected chi connectivity index (χ4v) is 1.59. The third kappa shape index (κ3) is 1.76. The van der Waals surface area contributed by atoms with Gasteiger partial charge in [0.05, 0.1) is 0 Å². The van der Waals surface area contributed by atoms with Crippen molar-refractivity contribution in [3.63, 3.8) is 0 Å². The lowest BCUT2D eigenvalue weighted by molar-refractivity contribution is -0.145. The highest BCUT2D eigenvalue weighted by Gasteiger charge is 2.40. The molecular formula is C8H15NO3. The smallest absolute Gasteiger partial charge is 0.323 e. The van der Waals surface area contributed by atoms with Crippen molar-refractivity contribution in [2.75, 3.05) is 20.3 Å². The Bertz CT molecular complexity index is 164. The molecule has 4 nitrogen and oxygen atoms in total. The van der Waals surface area contributed by atoms with Gasteiger partial charge in [-0.2, -0.15) is 0 Å². The predicted octanol–water partition coefficient (Wildman–Crippen LogP) is 0.230. The van der Waals surface area contributed by atoms with Crippen molar-refractivity contribution in [2.45, 2.75) is 24.8 Å². The Morgan fingerprint density at radius 2 is 2.50 bits per heavy atom. The van der Waals surface area contributed by atoms with Gasteiger partial charge in [-0.05, 0) is 25.8 Å². The lowest BCUT2D eigenvalue weighted by atomic mass is 9.94. The first-order valence-electron chi connectivity index (χ1n) is 4.19. The second kappa shape index (κ2) is 3.87. The van der Waals surface area contributed by atoms with E-state index < -0.39 is 11.5 Å². The van der Waals surface area contributed by atoms with Crippen LogP contribution >= 0.6 is 0 Å². The molecule has 1 rings (SSSR count). The van der Waals surface area contributed by atoms with Gasteiger partial charge in [0.2, 0.25) is 0 Å². The molecule has 0 saturated carbocycles. The molecule has 0 aromatic rings. The van der Waals surface area contributed by atoms with Crippen molar-refractivity contribution in [1.29, 1.82) is 0 Å². The van der Waals surface area contributed by atoms with Crippen LogP contribution in [0.15, 0.2) is 0 Å². The van der Waals surface area contributed by atoms with Crippen LogP contribution < -0.4 is 5.32 Å². The number of ether oxygens (including phenoxy) is 1. The molecule has 1 unspecified atom stereocenters. The van der Waals surface area contributed by atoms with E-state index in [1.165, 1.54) is 0 Å². The summed E-state index contributed by atoms with van der Waals surface area (Å²) in [5, 5.41) is 12.0. The van der Waals surface area contributed by atoms with Crippen LogP contribution in [-0.2, 0) is 9.53 Å². The van der Waals surface area contributed by atoms with Crippen molar-refractivity contribution in [1.82, 2.24) is 5.32 Å². The second-order valence-corrected chi connectivity index (χ2v) is 3.16. The van der Waals surface area contributed by atoms with Crippen molar-refractivity contribution in [2.24, 2.45) is 0 Å². The maximum absolute atomic E-state index is 10.9. The summed E-state index contributed by atoms with van der Waals surface area (Å²) in [5.74, 6) is -0.753. The molecule has 0 aromatic carbocycles. The van der Waals surface area contributed by atoms with Crippen LogP contribution in [0, 0.1) is 0 Å². The topological polar surface area (TPSA) is 58.6 Å². The number of methoxy groups -OCH3 is 1. The number of carboxylic acids is 1. The van der Waals surface area contributed by atoms with E-state index in [1.807, 2.05) is 0 Å². The zero-order valence-corrected chi connectivity index (χ0v) is 7.30. The van der Waals surface area contributed by atoms with Gasteiger partial charge in [0.15, 0.2) is 0 Å². The molecule has 2 N–H and O–H groups in total. The van der Waals surface area contributed by atoms with E-state index in [-0.39, 0.29) is 0 Å². The summed E-state index contributed by atoms with van der Waals surface area (Å²) in [6.07, 6.45) is 2.21. The van der Waals surface area contributed by atoms with Crippen LogP contribution in [0.5, 0.6) is 0 Å². The lowest BCUT2D eigenvalue weighted by Gasteiger charge is -2.23. The van der Waals surface area contributed by atoms with Gasteiger partial charge >= 0.3 is 5.97 Å². The molecule has 1 fully saturated rings. The molecule has 1 aliphatic heterocycles. The molecule has 1 saturated heterocycles. The zero-order chi connectivity index (χ0) is 9.03. The van der Waals surface area contributed by atoms with Crippen LogP contribution in [-0.4, -0.2) is 36.9 Å². The van der Waals surface area contributed by atoms with Crippen LogP contribution in [0.2, 0.25) is 0 Å². The largest absolute Gasteiger partial charge is 0.480 e. The van der Waals surface area contributed by atoms with E-state index in [2.05, 4.69) is 5.32 Å². The summed E-state index contributed by atoms with van der Waals surface area (Å²) in [4.78, 5) is 10.9. The summed E-state index contributed by atoms with van der Waals surface area (Å²) < 4.78 is 4.88. The number of rotatable bonds is 4. The number of aliphatic carboxylic acids is 1. The van der Waals surface area contributed by atoms with Gasteiger partial charge in [0, 0.05) is 13.7 Å². The fourth-order valence-electron chi connectivity index (χ4n) is 1.59. The molecule has 70 valence electrons. The van der Waals surface area contributed by atoms with Crippen molar-refractivity contribution in [3.8, 4) is 0 Å². The van der Waals surface area contributed by atoms with Gasteiger partial charge in [-0.25, -0.2) is 0 Å². The minimum Gasteiger partial charge on any atom is -0.480 e.